The zero-order chi connectivity index (χ0) is 17.7. The molecule has 2 rings (SSSR count). The van der Waals surface area contributed by atoms with Gasteiger partial charge in [-0.1, -0.05) is 13.3 Å². The van der Waals surface area contributed by atoms with Gasteiger partial charge in [-0.05, 0) is 37.1 Å². The summed E-state index contributed by atoms with van der Waals surface area (Å²) in [6.45, 7) is 4.27. The third-order valence-electron chi connectivity index (χ3n) is 4.14. The molecule has 130 valence electrons. The maximum atomic E-state index is 12.2. The third kappa shape index (κ3) is 4.81. The largest absolute Gasteiger partial charge is 0.346 e. The van der Waals surface area contributed by atoms with Gasteiger partial charge in [0.05, 0.1) is 11.8 Å². The molecule has 2 atom stereocenters. The van der Waals surface area contributed by atoms with Gasteiger partial charge in [0, 0.05) is 31.9 Å². The molecule has 1 saturated carbocycles. The van der Waals surface area contributed by atoms with E-state index in [0.717, 1.165) is 19.4 Å². The normalized spacial score (nSPS) is 18.6. The van der Waals surface area contributed by atoms with Crippen LogP contribution in [0.25, 0.3) is 0 Å². The van der Waals surface area contributed by atoms with E-state index in [1.807, 2.05) is 0 Å². The lowest BCUT2D eigenvalue weighted by molar-refractivity contribution is -0.133. The Kier molecular flexibility index (Phi) is 5.95. The fourth-order valence-electron chi connectivity index (χ4n) is 2.62. The number of rotatable bonds is 7. The Morgan fingerprint density at radius 2 is 1.67 bits per heavy atom. The molecule has 0 aromatic heterocycles. The smallest absolute Gasteiger partial charge is 0.228 e. The first-order valence-corrected chi connectivity index (χ1v) is 8.36. The van der Waals surface area contributed by atoms with Crippen LogP contribution in [-0.2, 0) is 14.4 Å². The number of nitrogens with one attached hydrogen (secondary N) is 2. The number of anilines is 2. The minimum Gasteiger partial charge on any atom is -0.346 e. The predicted molar refractivity (Wildman–Crippen MR) is 93.5 cm³/mol. The van der Waals surface area contributed by atoms with E-state index in [1.54, 1.807) is 36.2 Å². The number of nitrogens with zero attached hydrogens (tertiary/aromatic N) is 1. The summed E-state index contributed by atoms with van der Waals surface area (Å²) in [5.41, 5.74) is 1.34. The maximum absolute atomic E-state index is 12.2. The van der Waals surface area contributed by atoms with Crippen molar-refractivity contribution in [3.63, 3.8) is 0 Å². The fourth-order valence-corrected chi connectivity index (χ4v) is 2.62. The number of carbonyl (C=O) groups excluding carboxylic acids is 3. The van der Waals surface area contributed by atoms with Gasteiger partial charge >= 0.3 is 0 Å². The van der Waals surface area contributed by atoms with Crippen LogP contribution in [0.1, 0.15) is 33.1 Å². The molecule has 1 aromatic rings. The standard InChI is InChI=1S/C18H25N3O3/c1-4-5-10-21(3)18(24)16-11-15(16)17(23)20-14-8-6-13(7-9-14)19-12(2)22/h6-9,15-16H,4-5,10-11H2,1-3H3,(H,19,22)(H,20,23). The van der Waals surface area contributed by atoms with Gasteiger partial charge in [-0.15, -0.1) is 0 Å². The minimum absolute atomic E-state index is 0.0598. The van der Waals surface area contributed by atoms with Crippen LogP contribution in [0, 0.1) is 11.8 Å². The minimum atomic E-state index is -0.239. The van der Waals surface area contributed by atoms with E-state index in [2.05, 4.69) is 17.6 Å². The highest BCUT2D eigenvalue weighted by molar-refractivity contribution is 5.99. The van der Waals surface area contributed by atoms with E-state index in [1.165, 1.54) is 6.92 Å². The molecule has 2 unspecified atom stereocenters. The van der Waals surface area contributed by atoms with Gasteiger partial charge in [0.2, 0.25) is 17.7 Å². The molecule has 1 fully saturated rings. The van der Waals surface area contributed by atoms with Gasteiger partial charge in [0.1, 0.15) is 0 Å². The third-order valence-corrected chi connectivity index (χ3v) is 4.14. The molecule has 24 heavy (non-hydrogen) atoms. The van der Waals surface area contributed by atoms with Crippen molar-refractivity contribution in [1.82, 2.24) is 4.90 Å². The SMILES string of the molecule is CCCCN(C)C(=O)C1CC1C(=O)Nc1ccc(NC(C)=O)cc1. The Morgan fingerprint density at radius 3 is 2.21 bits per heavy atom. The fraction of sp³-hybridized carbons (Fsp3) is 0.500. The van der Waals surface area contributed by atoms with E-state index in [9.17, 15) is 14.4 Å². The van der Waals surface area contributed by atoms with Crippen molar-refractivity contribution in [2.24, 2.45) is 11.8 Å². The first kappa shape index (κ1) is 18.0. The average Bonchev–Trinajstić information content (AvgIpc) is 3.34. The Hall–Kier alpha value is -2.37. The van der Waals surface area contributed by atoms with Crippen LogP contribution < -0.4 is 10.6 Å². The highest BCUT2D eigenvalue weighted by Gasteiger charge is 2.48. The Bertz CT molecular complexity index is 612. The molecule has 1 aliphatic carbocycles. The molecular formula is C18H25N3O3. The summed E-state index contributed by atoms with van der Waals surface area (Å²) in [7, 11) is 1.80. The first-order chi connectivity index (χ1) is 11.4. The van der Waals surface area contributed by atoms with Crippen molar-refractivity contribution >= 4 is 29.1 Å². The Balaban J connectivity index is 1.83. The van der Waals surface area contributed by atoms with Gasteiger partial charge in [-0.3, -0.25) is 14.4 Å². The van der Waals surface area contributed by atoms with Crippen molar-refractivity contribution in [1.29, 1.82) is 0 Å². The van der Waals surface area contributed by atoms with Gasteiger partial charge in [0.15, 0.2) is 0 Å². The molecule has 6 heteroatoms. The molecule has 0 saturated heterocycles. The molecule has 0 radical (unpaired) electrons. The summed E-state index contributed by atoms with van der Waals surface area (Å²) < 4.78 is 0. The highest BCUT2D eigenvalue weighted by atomic mass is 16.2. The van der Waals surface area contributed by atoms with Crippen LogP contribution >= 0.6 is 0 Å². The topological polar surface area (TPSA) is 78.5 Å². The van der Waals surface area contributed by atoms with Crippen LogP contribution in [0.5, 0.6) is 0 Å². The first-order valence-electron chi connectivity index (χ1n) is 8.36. The molecule has 3 amide bonds. The lowest BCUT2D eigenvalue weighted by atomic mass is 10.2. The zero-order valence-electron chi connectivity index (χ0n) is 14.5. The van der Waals surface area contributed by atoms with Gasteiger partial charge in [0.25, 0.3) is 0 Å². The monoisotopic (exact) mass is 331 g/mol. The van der Waals surface area contributed by atoms with Crippen LogP contribution in [0.3, 0.4) is 0 Å². The maximum Gasteiger partial charge on any atom is 0.228 e. The molecule has 2 N–H and O–H groups in total. The van der Waals surface area contributed by atoms with Crippen LogP contribution in [0.4, 0.5) is 11.4 Å². The zero-order valence-corrected chi connectivity index (χ0v) is 14.5. The number of amides is 3. The lowest BCUT2D eigenvalue weighted by Gasteiger charge is -2.16. The number of hydrogen-bond donors (Lipinski definition) is 2. The average molecular weight is 331 g/mol. The van der Waals surface area contributed by atoms with Crippen LogP contribution in [0.2, 0.25) is 0 Å². The van der Waals surface area contributed by atoms with Gasteiger partial charge in [-0.2, -0.15) is 0 Å². The molecular weight excluding hydrogens is 306 g/mol. The van der Waals surface area contributed by atoms with Crippen molar-refractivity contribution in [3.8, 4) is 0 Å². The van der Waals surface area contributed by atoms with E-state index < -0.39 is 0 Å². The second-order valence-corrected chi connectivity index (χ2v) is 6.31. The summed E-state index contributed by atoms with van der Waals surface area (Å²) in [6.07, 6.45) is 2.64. The molecule has 6 nitrogen and oxygen atoms in total. The number of benzene rings is 1. The molecule has 0 heterocycles. The van der Waals surface area contributed by atoms with E-state index in [0.29, 0.717) is 17.8 Å². The Labute approximate surface area is 142 Å². The van der Waals surface area contributed by atoms with Crippen molar-refractivity contribution in [3.05, 3.63) is 24.3 Å². The quantitative estimate of drug-likeness (QED) is 0.805. The summed E-state index contributed by atoms with van der Waals surface area (Å²) in [5.74, 6) is -0.630. The van der Waals surface area contributed by atoms with E-state index in [-0.39, 0.29) is 29.6 Å². The van der Waals surface area contributed by atoms with Crippen molar-refractivity contribution < 1.29 is 14.4 Å². The van der Waals surface area contributed by atoms with Gasteiger partial charge in [-0.25, -0.2) is 0 Å². The second kappa shape index (κ2) is 7.95. The molecule has 0 spiro atoms. The predicted octanol–water partition coefficient (Wildman–Crippen LogP) is 2.48. The van der Waals surface area contributed by atoms with E-state index >= 15 is 0 Å². The van der Waals surface area contributed by atoms with Crippen molar-refractivity contribution in [2.45, 2.75) is 33.1 Å². The van der Waals surface area contributed by atoms with Crippen LogP contribution in [0.15, 0.2) is 24.3 Å². The summed E-state index contributed by atoms with van der Waals surface area (Å²) >= 11 is 0. The second-order valence-electron chi connectivity index (χ2n) is 6.31. The molecule has 0 bridgehead atoms. The van der Waals surface area contributed by atoms with E-state index in [4.69, 9.17) is 0 Å². The summed E-state index contributed by atoms with van der Waals surface area (Å²) in [4.78, 5) is 37.2. The number of carbonyl (C=O) groups is 3. The van der Waals surface area contributed by atoms with Crippen LogP contribution in [-0.4, -0.2) is 36.2 Å². The number of hydrogen-bond acceptors (Lipinski definition) is 3. The lowest BCUT2D eigenvalue weighted by Crippen LogP contribution is -2.30. The molecule has 1 aromatic carbocycles. The summed E-state index contributed by atoms with van der Waals surface area (Å²) in [5, 5.41) is 5.50. The highest BCUT2D eigenvalue weighted by Crippen LogP contribution is 2.40. The summed E-state index contributed by atoms with van der Waals surface area (Å²) in [6, 6.07) is 6.92. The van der Waals surface area contributed by atoms with Crippen molar-refractivity contribution in [2.75, 3.05) is 24.2 Å². The molecule has 1 aliphatic rings. The number of unbranched alkanes of at least 4 members (excludes halogenated alkanes) is 1. The van der Waals surface area contributed by atoms with Gasteiger partial charge < -0.3 is 15.5 Å². The Morgan fingerprint density at radius 1 is 1.08 bits per heavy atom. The molecule has 0 aliphatic heterocycles.